The number of aromatic nitrogens is 3. The number of nitrogen functional groups attached to an aromatic ring is 1. The van der Waals surface area contributed by atoms with Crippen molar-refractivity contribution in [1.29, 1.82) is 0 Å². The number of rotatable bonds is 5. The van der Waals surface area contributed by atoms with Gasteiger partial charge < -0.3 is 15.4 Å². The van der Waals surface area contributed by atoms with E-state index in [1.807, 2.05) is 18.7 Å². The van der Waals surface area contributed by atoms with Crippen LogP contribution in [-0.2, 0) is 4.79 Å². The highest BCUT2D eigenvalue weighted by atomic mass is 16.5. The highest BCUT2D eigenvalue weighted by molar-refractivity contribution is 5.76. The first kappa shape index (κ1) is 15.2. The molecule has 116 valence electrons. The Hall–Kier alpha value is -2.16. The van der Waals surface area contributed by atoms with Crippen LogP contribution in [0.3, 0.4) is 0 Å². The Kier molecular flexibility index (Phi) is 4.73. The number of primary amides is 1. The summed E-state index contributed by atoms with van der Waals surface area (Å²) >= 11 is 0. The van der Waals surface area contributed by atoms with E-state index < -0.39 is 0 Å². The molecule has 0 bridgehead atoms. The Bertz CT molecular complexity index is 500. The molecule has 21 heavy (non-hydrogen) atoms. The molecule has 0 aliphatic carbocycles. The molecular weight excluding hydrogens is 274 g/mol. The SMILES string of the molecule is CC(C)Oc1nc(NN)nc(N2CCC(C(N)=O)CC2)n1. The molecule has 1 saturated heterocycles. The summed E-state index contributed by atoms with van der Waals surface area (Å²) in [6.45, 7) is 5.08. The number of ether oxygens (including phenoxy) is 1. The number of nitrogens with two attached hydrogens (primary N) is 2. The zero-order valence-electron chi connectivity index (χ0n) is 12.2. The fourth-order valence-electron chi connectivity index (χ4n) is 2.18. The lowest BCUT2D eigenvalue weighted by Gasteiger charge is -2.30. The number of amides is 1. The zero-order valence-corrected chi connectivity index (χ0v) is 12.2. The predicted octanol–water partition coefficient (Wildman–Crippen LogP) is -0.354. The molecule has 0 radical (unpaired) electrons. The molecule has 1 aromatic heterocycles. The standard InChI is InChI=1S/C12H21N7O2/c1-7(2)21-12-16-10(18-14)15-11(17-12)19-5-3-8(4-6-19)9(13)20/h7-8H,3-6,14H2,1-2H3,(H2,13,20)(H,15,16,17,18). The molecule has 0 aromatic carbocycles. The molecule has 0 unspecified atom stereocenters. The molecule has 2 rings (SSSR count). The minimum Gasteiger partial charge on any atom is -0.461 e. The van der Waals surface area contributed by atoms with Crippen LogP contribution < -0.4 is 26.6 Å². The van der Waals surface area contributed by atoms with Gasteiger partial charge in [0.2, 0.25) is 17.8 Å². The van der Waals surface area contributed by atoms with E-state index in [4.69, 9.17) is 16.3 Å². The average molecular weight is 295 g/mol. The molecule has 0 atom stereocenters. The van der Waals surface area contributed by atoms with E-state index in [9.17, 15) is 4.79 Å². The lowest BCUT2D eigenvalue weighted by Crippen LogP contribution is -2.39. The van der Waals surface area contributed by atoms with E-state index in [2.05, 4.69) is 20.4 Å². The van der Waals surface area contributed by atoms with Gasteiger partial charge in [0, 0.05) is 19.0 Å². The van der Waals surface area contributed by atoms with E-state index in [0.717, 1.165) is 0 Å². The third-order valence-electron chi connectivity index (χ3n) is 3.25. The molecule has 5 N–H and O–H groups in total. The van der Waals surface area contributed by atoms with Crippen LogP contribution in [0.4, 0.5) is 11.9 Å². The maximum Gasteiger partial charge on any atom is 0.323 e. The zero-order chi connectivity index (χ0) is 15.4. The number of carbonyl (C=O) groups excluding carboxylic acids is 1. The van der Waals surface area contributed by atoms with Crippen molar-refractivity contribution >= 4 is 17.8 Å². The van der Waals surface area contributed by atoms with Crippen LogP contribution in [0.2, 0.25) is 0 Å². The Morgan fingerprint density at radius 3 is 2.52 bits per heavy atom. The summed E-state index contributed by atoms with van der Waals surface area (Å²) in [5.74, 6) is 5.76. The van der Waals surface area contributed by atoms with Crippen LogP contribution in [0.5, 0.6) is 6.01 Å². The molecule has 1 aliphatic heterocycles. The number of piperidine rings is 1. The normalized spacial score (nSPS) is 16.1. The number of hydrogen-bond donors (Lipinski definition) is 3. The van der Waals surface area contributed by atoms with Gasteiger partial charge in [-0.05, 0) is 26.7 Å². The number of carbonyl (C=O) groups is 1. The van der Waals surface area contributed by atoms with Gasteiger partial charge in [0.05, 0.1) is 6.10 Å². The van der Waals surface area contributed by atoms with Gasteiger partial charge in [-0.25, -0.2) is 5.84 Å². The molecule has 9 heteroatoms. The Labute approximate surface area is 123 Å². The second-order valence-corrected chi connectivity index (χ2v) is 5.22. The second kappa shape index (κ2) is 6.53. The Morgan fingerprint density at radius 1 is 1.33 bits per heavy atom. The van der Waals surface area contributed by atoms with Gasteiger partial charge in [-0.3, -0.25) is 10.2 Å². The van der Waals surface area contributed by atoms with Crippen LogP contribution in [0.15, 0.2) is 0 Å². The van der Waals surface area contributed by atoms with Gasteiger partial charge in [0.25, 0.3) is 0 Å². The number of nitrogens with zero attached hydrogens (tertiary/aromatic N) is 4. The molecule has 0 spiro atoms. The van der Waals surface area contributed by atoms with Crippen molar-refractivity contribution in [1.82, 2.24) is 15.0 Å². The summed E-state index contributed by atoms with van der Waals surface area (Å²) in [5.41, 5.74) is 7.73. The van der Waals surface area contributed by atoms with Crippen molar-refractivity contribution in [3.8, 4) is 6.01 Å². The van der Waals surface area contributed by atoms with E-state index in [0.29, 0.717) is 31.9 Å². The van der Waals surface area contributed by atoms with Crippen molar-refractivity contribution in [2.24, 2.45) is 17.5 Å². The van der Waals surface area contributed by atoms with Gasteiger partial charge in [-0.1, -0.05) is 0 Å². The van der Waals surface area contributed by atoms with E-state index in [1.165, 1.54) is 0 Å². The summed E-state index contributed by atoms with van der Waals surface area (Å²) in [4.78, 5) is 25.7. The highest BCUT2D eigenvalue weighted by Crippen LogP contribution is 2.22. The van der Waals surface area contributed by atoms with Crippen molar-refractivity contribution < 1.29 is 9.53 Å². The lowest BCUT2D eigenvalue weighted by atomic mass is 9.96. The average Bonchev–Trinajstić information content (AvgIpc) is 2.46. The van der Waals surface area contributed by atoms with E-state index in [1.54, 1.807) is 0 Å². The fourth-order valence-corrected chi connectivity index (χ4v) is 2.18. The van der Waals surface area contributed by atoms with Crippen LogP contribution in [0.1, 0.15) is 26.7 Å². The van der Waals surface area contributed by atoms with Gasteiger partial charge in [-0.15, -0.1) is 0 Å². The molecule has 9 nitrogen and oxygen atoms in total. The molecule has 1 aliphatic rings. The molecule has 1 amide bonds. The van der Waals surface area contributed by atoms with Crippen molar-refractivity contribution in [2.75, 3.05) is 23.4 Å². The Morgan fingerprint density at radius 2 is 2.00 bits per heavy atom. The van der Waals surface area contributed by atoms with Crippen molar-refractivity contribution in [2.45, 2.75) is 32.8 Å². The van der Waals surface area contributed by atoms with Gasteiger partial charge >= 0.3 is 6.01 Å². The number of anilines is 2. The summed E-state index contributed by atoms with van der Waals surface area (Å²) in [6, 6.07) is 0.222. The van der Waals surface area contributed by atoms with Gasteiger partial charge in [0.1, 0.15) is 0 Å². The smallest absolute Gasteiger partial charge is 0.323 e. The largest absolute Gasteiger partial charge is 0.461 e. The number of nitrogens with one attached hydrogen (secondary N) is 1. The third kappa shape index (κ3) is 3.91. The topological polar surface area (TPSA) is 132 Å². The first-order valence-corrected chi connectivity index (χ1v) is 6.93. The molecular formula is C12H21N7O2. The molecule has 0 saturated carbocycles. The summed E-state index contributed by atoms with van der Waals surface area (Å²) in [6.07, 6.45) is 1.32. The predicted molar refractivity (Wildman–Crippen MR) is 77.5 cm³/mol. The summed E-state index contributed by atoms with van der Waals surface area (Å²) in [5, 5.41) is 0. The maximum atomic E-state index is 11.2. The quantitative estimate of drug-likeness (QED) is 0.496. The van der Waals surface area contributed by atoms with E-state index in [-0.39, 0.29) is 29.9 Å². The monoisotopic (exact) mass is 295 g/mol. The van der Waals surface area contributed by atoms with Crippen LogP contribution in [0, 0.1) is 5.92 Å². The van der Waals surface area contributed by atoms with Crippen LogP contribution in [0.25, 0.3) is 0 Å². The third-order valence-corrected chi connectivity index (χ3v) is 3.25. The van der Waals surface area contributed by atoms with Crippen LogP contribution >= 0.6 is 0 Å². The minimum absolute atomic E-state index is 0.0496. The van der Waals surface area contributed by atoms with Gasteiger partial charge in [0.15, 0.2) is 0 Å². The number of hydrogen-bond acceptors (Lipinski definition) is 8. The Balaban J connectivity index is 2.14. The minimum atomic E-state index is -0.251. The summed E-state index contributed by atoms with van der Waals surface area (Å²) in [7, 11) is 0. The summed E-state index contributed by atoms with van der Waals surface area (Å²) < 4.78 is 5.49. The lowest BCUT2D eigenvalue weighted by molar-refractivity contribution is -0.122. The second-order valence-electron chi connectivity index (χ2n) is 5.22. The molecule has 2 heterocycles. The fraction of sp³-hybridized carbons (Fsp3) is 0.667. The van der Waals surface area contributed by atoms with Crippen LogP contribution in [-0.4, -0.2) is 40.1 Å². The van der Waals surface area contributed by atoms with Crippen molar-refractivity contribution in [3.63, 3.8) is 0 Å². The number of hydrazine groups is 1. The first-order valence-electron chi connectivity index (χ1n) is 6.93. The van der Waals surface area contributed by atoms with E-state index >= 15 is 0 Å². The highest BCUT2D eigenvalue weighted by Gasteiger charge is 2.25. The maximum absolute atomic E-state index is 11.2. The first-order chi connectivity index (χ1) is 9.99. The van der Waals surface area contributed by atoms with Gasteiger partial charge in [-0.2, -0.15) is 15.0 Å². The molecule has 1 fully saturated rings. The molecule has 1 aromatic rings. The van der Waals surface area contributed by atoms with Crippen molar-refractivity contribution in [3.05, 3.63) is 0 Å².